The summed E-state index contributed by atoms with van der Waals surface area (Å²) in [6.07, 6.45) is -0.729. The Morgan fingerprint density at radius 3 is 2.67 bits per heavy atom. The van der Waals surface area contributed by atoms with Gasteiger partial charge in [0.1, 0.15) is 6.17 Å². The SMILES string of the molecule is C[C@@H](O)[C@@H]1C[C@@H](F)CN1. The predicted molar refractivity (Wildman–Crippen MR) is 33.0 cm³/mol. The van der Waals surface area contributed by atoms with E-state index in [1.807, 2.05) is 0 Å². The third kappa shape index (κ3) is 1.63. The molecule has 0 aromatic carbocycles. The number of rotatable bonds is 1. The summed E-state index contributed by atoms with van der Waals surface area (Å²) in [5, 5.41) is 11.8. The van der Waals surface area contributed by atoms with Crippen molar-refractivity contribution in [1.82, 2.24) is 5.32 Å². The Morgan fingerprint density at radius 1 is 1.78 bits per heavy atom. The van der Waals surface area contributed by atoms with E-state index >= 15 is 0 Å². The Balaban J connectivity index is 2.30. The van der Waals surface area contributed by atoms with Crippen LogP contribution >= 0.6 is 0 Å². The van der Waals surface area contributed by atoms with Crippen molar-refractivity contribution < 1.29 is 9.50 Å². The number of hydrogen-bond acceptors (Lipinski definition) is 2. The minimum absolute atomic E-state index is 0.0278. The summed E-state index contributed by atoms with van der Waals surface area (Å²) in [6.45, 7) is 2.07. The molecule has 3 heteroatoms. The lowest BCUT2D eigenvalue weighted by Gasteiger charge is -2.11. The summed E-state index contributed by atoms with van der Waals surface area (Å²) in [5.74, 6) is 0. The molecule has 0 bridgehead atoms. The number of halogens is 1. The number of nitrogens with one attached hydrogen (secondary N) is 1. The van der Waals surface area contributed by atoms with Gasteiger partial charge in [0.05, 0.1) is 6.10 Å². The van der Waals surface area contributed by atoms with E-state index in [2.05, 4.69) is 5.32 Å². The van der Waals surface area contributed by atoms with E-state index in [-0.39, 0.29) is 6.04 Å². The monoisotopic (exact) mass is 133 g/mol. The van der Waals surface area contributed by atoms with Crippen molar-refractivity contribution in [3.8, 4) is 0 Å². The predicted octanol–water partition coefficient (Wildman–Crippen LogP) is 0.0672. The number of aliphatic hydroxyl groups excluding tert-OH is 1. The summed E-state index contributed by atoms with van der Waals surface area (Å²) >= 11 is 0. The Hall–Kier alpha value is -0.150. The summed E-state index contributed by atoms with van der Waals surface area (Å²) in [7, 11) is 0. The quantitative estimate of drug-likeness (QED) is 0.530. The molecule has 3 atom stereocenters. The van der Waals surface area contributed by atoms with Gasteiger partial charge in [0, 0.05) is 12.6 Å². The minimum atomic E-state index is -0.760. The van der Waals surface area contributed by atoms with Gasteiger partial charge < -0.3 is 10.4 Å². The highest BCUT2D eigenvalue weighted by molar-refractivity contribution is 4.84. The van der Waals surface area contributed by atoms with Crippen molar-refractivity contribution in [2.45, 2.75) is 31.7 Å². The van der Waals surface area contributed by atoms with Crippen LogP contribution in [0.1, 0.15) is 13.3 Å². The van der Waals surface area contributed by atoms with Crippen LogP contribution in [0.25, 0.3) is 0 Å². The first-order valence-electron chi connectivity index (χ1n) is 3.25. The molecule has 1 fully saturated rings. The van der Waals surface area contributed by atoms with Gasteiger partial charge in [-0.05, 0) is 13.3 Å². The maximum atomic E-state index is 12.4. The molecule has 1 saturated heterocycles. The van der Waals surface area contributed by atoms with Crippen molar-refractivity contribution >= 4 is 0 Å². The second kappa shape index (κ2) is 2.62. The number of aliphatic hydroxyl groups is 1. The smallest absolute Gasteiger partial charge is 0.114 e. The van der Waals surface area contributed by atoms with Gasteiger partial charge in [-0.15, -0.1) is 0 Å². The summed E-state index contributed by atoms with van der Waals surface area (Å²) in [4.78, 5) is 0. The lowest BCUT2D eigenvalue weighted by Crippen LogP contribution is -2.32. The molecule has 0 amide bonds. The molecule has 0 unspecified atom stereocenters. The van der Waals surface area contributed by atoms with Crippen LogP contribution in [0.3, 0.4) is 0 Å². The molecule has 0 aliphatic carbocycles. The van der Waals surface area contributed by atoms with Gasteiger partial charge in [0.25, 0.3) is 0 Å². The zero-order chi connectivity index (χ0) is 6.85. The van der Waals surface area contributed by atoms with Crippen LogP contribution in [-0.2, 0) is 0 Å². The van der Waals surface area contributed by atoms with Crippen LogP contribution in [0.4, 0.5) is 4.39 Å². The molecule has 1 heterocycles. The fourth-order valence-electron chi connectivity index (χ4n) is 1.09. The highest BCUT2D eigenvalue weighted by atomic mass is 19.1. The van der Waals surface area contributed by atoms with Gasteiger partial charge in [-0.2, -0.15) is 0 Å². The van der Waals surface area contributed by atoms with E-state index in [9.17, 15) is 4.39 Å². The molecule has 9 heavy (non-hydrogen) atoms. The highest BCUT2D eigenvalue weighted by Crippen LogP contribution is 2.12. The van der Waals surface area contributed by atoms with Crippen molar-refractivity contribution in [3.05, 3.63) is 0 Å². The van der Waals surface area contributed by atoms with Crippen LogP contribution in [0, 0.1) is 0 Å². The van der Waals surface area contributed by atoms with E-state index in [0.29, 0.717) is 13.0 Å². The van der Waals surface area contributed by atoms with Crippen LogP contribution in [0.15, 0.2) is 0 Å². The van der Waals surface area contributed by atoms with Crippen LogP contribution in [0.2, 0.25) is 0 Å². The number of alkyl halides is 1. The average molecular weight is 133 g/mol. The molecular weight excluding hydrogens is 121 g/mol. The van der Waals surface area contributed by atoms with E-state index in [1.165, 1.54) is 0 Å². The Labute approximate surface area is 54.1 Å². The first-order valence-corrected chi connectivity index (χ1v) is 3.25. The molecular formula is C6H12FNO. The van der Waals surface area contributed by atoms with Crippen molar-refractivity contribution in [2.24, 2.45) is 0 Å². The molecule has 2 nitrogen and oxygen atoms in total. The molecule has 1 aliphatic heterocycles. The first kappa shape index (κ1) is 6.96. The molecule has 54 valence electrons. The van der Waals surface area contributed by atoms with Crippen molar-refractivity contribution in [1.29, 1.82) is 0 Å². The molecule has 0 spiro atoms. The maximum Gasteiger partial charge on any atom is 0.114 e. The van der Waals surface area contributed by atoms with Crippen LogP contribution in [0.5, 0.6) is 0 Å². The second-order valence-electron chi connectivity index (χ2n) is 2.59. The van der Waals surface area contributed by atoms with Crippen molar-refractivity contribution in [3.63, 3.8) is 0 Å². The fraction of sp³-hybridized carbons (Fsp3) is 1.00. The Kier molecular flexibility index (Phi) is 2.03. The summed E-state index contributed by atoms with van der Waals surface area (Å²) in [6, 6.07) is -0.0278. The molecule has 0 radical (unpaired) electrons. The molecule has 1 aliphatic rings. The average Bonchev–Trinajstić information content (AvgIpc) is 2.14. The van der Waals surface area contributed by atoms with Gasteiger partial charge in [-0.3, -0.25) is 0 Å². The van der Waals surface area contributed by atoms with Gasteiger partial charge in [0.15, 0.2) is 0 Å². The van der Waals surface area contributed by atoms with E-state index < -0.39 is 12.3 Å². The Morgan fingerprint density at radius 2 is 2.44 bits per heavy atom. The summed E-state index contributed by atoms with van der Waals surface area (Å²) < 4.78 is 12.4. The van der Waals surface area contributed by atoms with Gasteiger partial charge >= 0.3 is 0 Å². The van der Waals surface area contributed by atoms with Crippen LogP contribution in [-0.4, -0.2) is 30.0 Å². The van der Waals surface area contributed by atoms with Gasteiger partial charge in [-0.25, -0.2) is 4.39 Å². The highest BCUT2D eigenvalue weighted by Gasteiger charge is 2.26. The van der Waals surface area contributed by atoms with Crippen LogP contribution < -0.4 is 5.32 Å². The van der Waals surface area contributed by atoms with E-state index in [4.69, 9.17) is 5.11 Å². The standard InChI is InChI=1S/C6H12FNO/c1-4(9)6-2-5(7)3-8-6/h4-6,8-9H,2-3H2,1H3/t4-,5-,6+/m1/s1. The normalized spacial score (nSPS) is 39.0. The lowest BCUT2D eigenvalue weighted by atomic mass is 10.1. The summed E-state index contributed by atoms with van der Waals surface area (Å²) in [5.41, 5.74) is 0. The van der Waals surface area contributed by atoms with E-state index in [1.54, 1.807) is 6.92 Å². The van der Waals surface area contributed by atoms with Crippen molar-refractivity contribution in [2.75, 3.05) is 6.54 Å². The fourth-order valence-corrected chi connectivity index (χ4v) is 1.09. The first-order chi connectivity index (χ1) is 4.20. The zero-order valence-corrected chi connectivity index (χ0v) is 5.47. The largest absolute Gasteiger partial charge is 0.392 e. The second-order valence-corrected chi connectivity index (χ2v) is 2.59. The van der Waals surface area contributed by atoms with Gasteiger partial charge in [-0.1, -0.05) is 0 Å². The minimum Gasteiger partial charge on any atom is -0.392 e. The molecule has 0 aromatic rings. The molecule has 2 N–H and O–H groups in total. The molecule has 1 rings (SSSR count). The Bertz CT molecular complexity index is 97.1. The zero-order valence-electron chi connectivity index (χ0n) is 5.47. The third-order valence-corrected chi connectivity index (χ3v) is 1.69. The lowest BCUT2D eigenvalue weighted by molar-refractivity contribution is 0.151. The third-order valence-electron chi connectivity index (χ3n) is 1.69. The van der Waals surface area contributed by atoms with Gasteiger partial charge in [0.2, 0.25) is 0 Å². The molecule has 0 aromatic heterocycles. The topological polar surface area (TPSA) is 32.3 Å². The van der Waals surface area contributed by atoms with E-state index in [0.717, 1.165) is 0 Å². The molecule has 0 saturated carbocycles. The number of hydrogen-bond donors (Lipinski definition) is 2. The maximum absolute atomic E-state index is 12.4.